The van der Waals surface area contributed by atoms with Crippen molar-refractivity contribution in [3.8, 4) is 0 Å². The molecule has 0 bridgehead atoms. The van der Waals surface area contributed by atoms with Crippen LogP contribution in [-0.4, -0.2) is 57.7 Å². The van der Waals surface area contributed by atoms with Crippen molar-refractivity contribution >= 4 is 23.1 Å². The molecule has 1 aliphatic rings. The Morgan fingerprint density at radius 2 is 1.69 bits per heavy atom. The second kappa shape index (κ2) is 9.69. The highest BCUT2D eigenvalue weighted by Crippen LogP contribution is 2.39. The number of rotatable bonds is 8. The molecule has 1 N–H and O–H groups in total. The molecule has 0 unspecified atom stereocenters. The molecule has 2 aromatic rings. The van der Waals surface area contributed by atoms with E-state index in [1.165, 1.54) is 53.4 Å². The topological polar surface area (TPSA) is 104 Å². The van der Waals surface area contributed by atoms with Gasteiger partial charge in [0.25, 0.3) is 17.4 Å². The summed E-state index contributed by atoms with van der Waals surface area (Å²) in [7, 11) is 0. The van der Waals surface area contributed by atoms with Crippen LogP contribution in [-0.2, 0) is 9.59 Å². The maximum atomic E-state index is 13.5. The van der Waals surface area contributed by atoms with Crippen molar-refractivity contribution in [3.05, 3.63) is 81.2 Å². The van der Waals surface area contributed by atoms with Crippen LogP contribution in [0.3, 0.4) is 0 Å². The fourth-order valence-corrected chi connectivity index (χ4v) is 3.79. The number of carbonyl (C=O) groups is 2. The first kappa shape index (κ1) is 23.1. The number of nitro benzene ring substituents is 1. The third-order valence-corrected chi connectivity index (χ3v) is 5.63. The molecule has 0 aromatic heterocycles. The molecule has 0 radical (unpaired) electrons. The van der Waals surface area contributed by atoms with Crippen molar-refractivity contribution in [1.29, 1.82) is 0 Å². The highest BCUT2D eigenvalue weighted by atomic mass is 19.1. The zero-order chi connectivity index (χ0) is 23.4. The Bertz CT molecular complexity index is 1050. The van der Waals surface area contributed by atoms with Crippen LogP contribution in [0.25, 0.3) is 5.76 Å². The van der Waals surface area contributed by atoms with Gasteiger partial charge in [0.05, 0.1) is 16.5 Å². The minimum Gasteiger partial charge on any atom is -0.507 e. The average molecular weight is 441 g/mol. The minimum absolute atomic E-state index is 0.130. The molecule has 2 aromatic carbocycles. The average Bonchev–Trinajstić information content (AvgIpc) is 3.04. The summed E-state index contributed by atoms with van der Waals surface area (Å²) < 4.78 is 13.5. The molecule has 1 amide bonds. The standard InChI is InChI=1S/C23H24FN3O5/c1-3-25(4-2)13-14-26-20(15-5-9-17(24)10-6-15)19(22(29)23(26)30)21(28)16-7-11-18(12-8-16)27(31)32/h5-12,20,28H,3-4,13-14H2,1-2H3/b21-19+/t20-/m1/s1. The number of ketones is 1. The summed E-state index contributed by atoms with van der Waals surface area (Å²) in [6.07, 6.45) is 0. The normalized spacial score (nSPS) is 17.9. The summed E-state index contributed by atoms with van der Waals surface area (Å²) in [4.78, 5) is 39.6. The van der Waals surface area contributed by atoms with Gasteiger partial charge in [0.1, 0.15) is 11.6 Å². The molecular formula is C23H24FN3O5. The van der Waals surface area contributed by atoms with Crippen LogP contribution in [0.5, 0.6) is 0 Å². The van der Waals surface area contributed by atoms with Crippen molar-refractivity contribution in [3.63, 3.8) is 0 Å². The number of nitro groups is 1. The molecule has 1 saturated heterocycles. The van der Waals surface area contributed by atoms with E-state index in [0.29, 0.717) is 12.1 Å². The van der Waals surface area contributed by atoms with E-state index < -0.39 is 34.2 Å². The van der Waals surface area contributed by atoms with Crippen molar-refractivity contribution in [2.75, 3.05) is 26.2 Å². The van der Waals surface area contributed by atoms with Gasteiger partial charge in [0, 0.05) is 30.8 Å². The van der Waals surface area contributed by atoms with Gasteiger partial charge in [0.15, 0.2) is 0 Å². The van der Waals surface area contributed by atoms with Crippen LogP contribution in [0.4, 0.5) is 10.1 Å². The number of hydrogen-bond acceptors (Lipinski definition) is 6. The highest BCUT2D eigenvalue weighted by molar-refractivity contribution is 6.46. The van der Waals surface area contributed by atoms with Crippen LogP contribution < -0.4 is 0 Å². The number of carbonyl (C=O) groups excluding carboxylic acids is 2. The van der Waals surface area contributed by atoms with E-state index >= 15 is 0 Å². The lowest BCUT2D eigenvalue weighted by molar-refractivity contribution is -0.384. The zero-order valence-corrected chi connectivity index (χ0v) is 17.8. The molecule has 168 valence electrons. The lowest BCUT2D eigenvalue weighted by atomic mass is 9.95. The predicted molar refractivity (Wildman–Crippen MR) is 116 cm³/mol. The molecule has 0 saturated carbocycles. The Morgan fingerprint density at radius 3 is 2.22 bits per heavy atom. The van der Waals surface area contributed by atoms with E-state index in [1.807, 2.05) is 13.8 Å². The van der Waals surface area contributed by atoms with Gasteiger partial charge in [-0.3, -0.25) is 19.7 Å². The Morgan fingerprint density at radius 1 is 1.09 bits per heavy atom. The number of amides is 1. The van der Waals surface area contributed by atoms with Crippen LogP contribution >= 0.6 is 0 Å². The van der Waals surface area contributed by atoms with E-state index in [2.05, 4.69) is 4.90 Å². The summed E-state index contributed by atoms with van der Waals surface area (Å²) in [6, 6.07) is 9.55. The molecule has 9 heteroatoms. The molecule has 8 nitrogen and oxygen atoms in total. The summed E-state index contributed by atoms with van der Waals surface area (Å²) in [5.41, 5.74) is 0.351. The summed E-state index contributed by atoms with van der Waals surface area (Å²) in [5.74, 6) is -2.51. The van der Waals surface area contributed by atoms with Crippen molar-refractivity contribution in [2.45, 2.75) is 19.9 Å². The smallest absolute Gasteiger partial charge is 0.295 e. The van der Waals surface area contributed by atoms with E-state index in [1.54, 1.807) is 0 Å². The fraction of sp³-hybridized carbons (Fsp3) is 0.304. The van der Waals surface area contributed by atoms with Crippen LogP contribution in [0.2, 0.25) is 0 Å². The van der Waals surface area contributed by atoms with E-state index in [-0.39, 0.29) is 23.4 Å². The van der Waals surface area contributed by atoms with Gasteiger partial charge in [-0.25, -0.2) is 4.39 Å². The molecule has 32 heavy (non-hydrogen) atoms. The maximum Gasteiger partial charge on any atom is 0.295 e. The molecule has 0 aliphatic carbocycles. The number of benzene rings is 2. The maximum absolute atomic E-state index is 13.5. The highest BCUT2D eigenvalue weighted by Gasteiger charge is 2.46. The molecule has 3 rings (SSSR count). The SMILES string of the molecule is CCN(CC)CCN1C(=O)C(=O)/C(=C(/O)c2ccc([N+](=O)[O-])cc2)[C@H]1c1ccc(F)cc1. The van der Waals surface area contributed by atoms with Gasteiger partial charge >= 0.3 is 0 Å². The first-order valence-corrected chi connectivity index (χ1v) is 10.3. The summed E-state index contributed by atoms with van der Waals surface area (Å²) >= 11 is 0. The Kier molecular flexibility index (Phi) is 6.99. The largest absolute Gasteiger partial charge is 0.507 e. The first-order valence-electron chi connectivity index (χ1n) is 10.3. The fourth-order valence-electron chi connectivity index (χ4n) is 3.79. The van der Waals surface area contributed by atoms with Gasteiger partial charge in [-0.1, -0.05) is 26.0 Å². The predicted octanol–water partition coefficient (Wildman–Crippen LogP) is 3.50. The lowest BCUT2D eigenvalue weighted by Crippen LogP contribution is -2.38. The zero-order valence-electron chi connectivity index (χ0n) is 17.8. The number of non-ortho nitro benzene ring substituents is 1. The molecule has 1 fully saturated rings. The molecule has 1 atom stereocenters. The first-order chi connectivity index (χ1) is 15.3. The molecule has 0 spiro atoms. The van der Waals surface area contributed by atoms with E-state index in [0.717, 1.165) is 13.1 Å². The van der Waals surface area contributed by atoms with Crippen LogP contribution in [0.15, 0.2) is 54.1 Å². The number of likely N-dealkylation sites (N-methyl/N-ethyl adjacent to an activating group) is 1. The van der Waals surface area contributed by atoms with Crippen LogP contribution in [0, 0.1) is 15.9 Å². The third kappa shape index (κ3) is 4.52. The van der Waals surface area contributed by atoms with Gasteiger partial charge in [-0.2, -0.15) is 0 Å². The summed E-state index contributed by atoms with van der Waals surface area (Å²) in [5, 5.41) is 21.8. The Hall–Kier alpha value is -3.59. The molecule has 1 aliphatic heterocycles. The number of aliphatic hydroxyl groups is 1. The minimum atomic E-state index is -0.902. The van der Waals surface area contributed by atoms with E-state index in [4.69, 9.17) is 0 Å². The number of Topliss-reactive ketones (excluding diaryl/α,β-unsaturated/α-hetero) is 1. The summed E-state index contributed by atoms with van der Waals surface area (Å²) in [6.45, 7) is 6.28. The number of hydrogen-bond donors (Lipinski definition) is 1. The third-order valence-electron chi connectivity index (χ3n) is 5.63. The quantitative estimate of drug-likeness (QED) is 0.221. The van der Waals surface area contributed by atoms with Crippen molar-refractivity contribution < 1.29 is 24.0 Å². The molecule has 1 heterocycles. The monoisotopic (exact) mass is 441 g/mol. The second-order valence-corrected chi connectivity index (χ2v) is 7.37. The van der Waals surface area contributed by atoms with Crippen molar-refractivity contribution in [2.24, 2.45) is 0 Å². The van der Waals surface area contributed by atoms with Gasteiger partial charge in [0.2, 0.25) is 0 Å². The number of likely N-dealkylation sites (tertiary alicyclic amines) is 1. The molecular weight excluding hydrogens is 417 g/mol. The Labute approximate surface area is 184 Å². The van der Waals surface area contributed by atoms with E-state index in [9.17, 15) is 29.2 Å². The van der Waals surface area contributed by atoms with Crippen LogP contribution in [0.1, 0.15) is 31.0 Å². The number of halogens is 1. The van der Waals surface area contributed by atoms with Crippen molar-refractivity contribution in [1.82, 2.24) is 9.80 Å². The number of nitrogens with zero attached hydrogens (tertiary/aromatic N) is 3. The lowest BCUT2D eigenvalue weighted by Gasteiger charge is -2.28. The van der Waals surface area contributed by atoms with Gasteiger partial charge in [-0.05, 0) is 42.9 Å². The number of aliphatic hydroxyl groups excluding tert-OH is 1. The Balaban J connectivity index is 2.08. The van der Waals surface area contributed by atoms with Gasteiger partial charge in [-0.15, -0.1) is 0 Å². The van der Waals surface area contributed by atoms with Gasteiger partial charge < -0.3 is 14.9 Å². The second-order valence-electron chi connectivity index (χ2n) is 7.37.